The highest BCUT2D eigenvalue weighted by molar-refractivity contribution is 7.80. The Labute approximate surface area is 110 Å². The largest absolute Gasteiger partial charge is 0.389 e. The van der Waals surface area contributed by atoms with E-state index in [4.69, 9.17) is 18.0 Å². The summed E-state index contributed by atoms with van der Waals surface area (Å²) < 4.78 is 1.42. The molecule has 0 atom stereocenters. The van der Waals surface area contributed by atoms with Gasteiger partial charge >= 0.3 is 0 Å². The van der Waals surface area contributed by atoms with E-state index in [-0.39, 0.29) is 5.56 Å². The summed E-state index contributed by atoms with van der Waals surface area (Å²) in [7, 11) is 0. The maximum absolute atomic E-state index is 11.6. The van der Waals surface area contributed by atoms with E-state index >= 15 is 0 Å². The summed E-state index contributed by atoms with van der Waals surface area (Å²) in [5.41, 5.74) is 8.00. The van der Waals surface area contributed by atoms with Gasteiger partial charge in [0.25, 0.3) is 5.56 Å². The first-order valence-electron chi connectivity index (χ1n) is 5.50. The van der Waals surface area contributed by atoms with Gasteiger partial charge in [-0.15, -0.1) is 0 Å². The predicted octanol–water partition coefficient (Wildman–Crippen LogP) is 1.23. The van der Waals surface area contributed by atoms with Crippen LogP contribution >= 0.6 is 12.2 Å². The summed E-state index contributed by atoms with van der Waals surface area (Å²) in [4.78, 5) is 12.0. The van der Waals surface area contributed by atoms with Crippen LogP contribution in [0.15, 0.2) is 41.2 Å². The number of aryl methyl sites for hydroxylation is 1. The first-order valence-corrected chi connectivity index (χ1v) is 5.90. The van der Waals surface area contributed by atoms with E-state index < -0.39 is 0 Å². The van der Waals surface area contributed by atoms with Gasteiger partial charge in [-0.25, -0.2) is 4.68 Å². The topological polar surface area (TPSA) is 60.9 Å². The third-order valence-corrected chi connectivity index (χ3v) is 2.78. The molecular weight excluding hydrogens is 246 g/mol. The Morgan fingerprint density at radius 1 is 1.39 bits per heavy atom. The lowest BCUT2D eigenvalue weighted by Crippen LogP contribution is -2.23. The van der Waals surface area contributed by atoms with E-state index in [1.165, 1.54) is 10.7 Å². The third kappa shape index (κ3) is 2.81. The van der Waals surface area contributed by atoms with Gasteiger partial charge < -0.3 is 5.73 Å². The van der Waals surface area contributed by atoms with Crippen LogP contribution in [-0.2, 0) is 6.54 Å². The molecule has 0 spiro atoms. The standard InChI is InChI=1S/C13H13N3OS/c1-9-5-6-12(17)16(15-9)8-10-3-2-4-11(7-10)13(14)18/h2-7H,8H2,1H3,(H2,14,18). The zero-order valence-corrected chi connectivity index (χ0v) is 10.8. The van der Waals surface area contributed by atoms with Crippen LogP contribution in [0.3, 0.4) is 0 Å². The molecule has 2 aromatic rings. The number of benzene rings is 1. The third-order valence-electron chi connectivity index (χ3n) is 2.54. The second-order valence-corrected chi connectivity index (χ2v) is 4.48. The van der Waals surface area contributed by atoms with E-state index in [1.807, 2.05) is 31.2 Å². The summed E-state index contributed by atoms with van der Waals surface area (Å²) in [5.74, 6) is 0. The fourth-order valence-corrected chi connectivity index (χ4v) is 1.79. The van der Waals surface area contributed by atoms with Crippen molar-refractivity contribution in [3.8, 4) is 0 Å². The second kappa shape index (κ2) is 5.10. The van der Waals surface area contributed by atoms with E-state index in [1.54, 1.807) is 6.07 Å². The molecule has 18 heavy (non-hydrogen) atoms. The summed E-state index contributed by atoms with van der Waals surface area (Å²) in [6, 6.07) is 10.7. The Kier molecular flexibility index (Phi) is 3.53. The van der Waals surface area contributed by atoms with Crippen LogP contribution in [0.1, 0.15) is 16.8 Å². The molecule has 1 heterocycles. The Bertz CT molecular complexity index is 649. The molecule has 92 valence electrons. The fraction of sp³-hybridized carbons (Fsp3) is 0.154. The number of nitrogens with zero attached hydrogens (tertiary/aromatic N) is 2. The SMILES string of the molecule is Cc1ccc(=O)n(Cc2cccc(C(N)=S)c2)n1. The van der Waals surface area contributed by atoms with Gasteiger partial charge in [-0.05, 0) is 24.6 Å². The monoisotopic (exact) mass is 259 g/mol. The van der Waals surface area contributed by atoms with Crippen LogP contribution in [0.4, 0.5) is 0 Å². The van der Waals surface area contributed by atoms with Crippen molar-refractivity contribution in [2.24, 2.45) is 5.73 Å². The highest BCUT2D eigenvalue weighted by Crippen LogP contribution is 2.06. The van der Waals surface area contributed by atoms with Gasteiger partial charge in [0.15, 0.2) is 0 Å². The molecule has 1 aromatic carbocycles. The van der Waals surface area contributed by atoms with Gasteiger partial charge in [-0.3, -0.25) is 4.79 Å². The Hall–Kier alpha value is -2.01. The van der Waals surface area contributed by atoms with Crippen LogP contribution in [0.2, 0.25) is 0 Å². The highest BCUT2D eigenvalue weighted by Gasteiger charge is 2.02. The quantitative estimate of drug-likeness (QED) is 0.842. The lowest BCUT2D eigenvalue weighted by molar-refractivity contribution is 0.628. The van der Waals surface area contributed by atoms with E-state index in [9.17, 15) is 4.79 Å². The number of aromatic nitrogens is 2. The molecule has 0 aliphatic carbocycles. The van der Waals surface area contributed by atoms with Gasteiger partial charge in [0.2, 0.25) is 0 Å². The maximum atomic E-state index is 11.6. The van der Waals surface area contributed by atoms with Gasteiger partial charge in [0.1, 0.15) is 4.99 Å². The van der Waals surface area contributed by atoms with Gasteiger partial charge in [0, 0.05) is 11.6 Å². The number of rotatable bonds is 3. The van der Waals surface area contributed by atoms with Crippen LogP contribution < -0.4 is 11.3 Å². The molecule has 0 saturated carbocycles. The van der Waals surface area contributed by atoms with Crippen molar-refractivity contribution in [2.45, 2.75) is 13.5 Å². The van der Waals surface area contributed by atoms with Crippen molar-refractivity contribution < 1.29 is 0 Å². The van der Waals surface area contributed by atoms with Crippen molar-refractivity contribution in [1.29, 1.82) is 0 Å². The molecule has 0 amide bonds. The zero-order chi connectivity index (χ0) is 13.1. The van der Waals surface area contributed by atoms with Crippen molar-refractivity contribution >= 4 is 17.2 Å². The normalized spacial score (nSPS) is 10.3. The van der Waals surface area contributed by atoms with Crippen molar-refractivity contribution in [2.75, 3.05) is 0 Å². The molecule has 0 aliphatic rings. The maximum Gasteiger partial charge on any atom is 0.267 e. The van der Waals surface area contributed by atoms with E-state index in [0.29, 0.717) is 11.5 Å². The molecule has 0 radical (unpaired) electrons. The minimum atomic E-state index is -0.124. The Morgan fingerprint density at radius 3 is 2.89 bits per heavy atom. The summed E-state index contributed by atoms with van der Waals surface area (Å²) in [6.45, 7) is 2.26. The average molecular weight is 259 g/mol. The molecule has 0 aliphatic heterocycles. The molecule has 1 aromatic heterocycles. The van der Waals surface area contributed by atoms with E-state index in [0.717, 1.165) is 16.8 Å². The molecule has 0 fully saturated rings. The first-order chi connectivity index (χ1) is 8.56. The molecule has 2 N–H and O–H groups in total. The lowest BCUT2D eigenvalue weighted by atomic mass is 10.1. The molecule has 0 saturated heterocycles. The van der Waals surface area contributed by atoms with Crippen molar-refractivity contribution in [3.63, 3.8) is 0 Å². The summed E-state index contributed by atoms with van der Waals surface area (Å²) >= 11 is 4.93. The predicted molar refractivity (Wildman–Crippen MR) is 74.7 cm³/mol. The van der Waals surface area contributed by atoms with Crippen LogP contribution in [0, 0.1) is 6.92 Å². The van der Waals surface area contributed by atoms with Crippen LogP contribution in [-0.4, -0.2) is 14.8 Å². The van der Waals surface area contributed by atoms with Gasteiger partial charge in [-0.1, -0.05) is 30.4 Å². The minimum absolute atomic E-state index is 0.124. The summed E-state index contributed by atoms with van der Waals surface area (Å²) in [6.07, 6.45) is 0. The fourth-order valence-electron chi connectivity index (χ4n) is 1.66. The minimum Gasteiger partial charge on any atom is -0.389 e. The average Bonchev–Trinajstić information content (AvgIpc) is 2.34. The van der Waals surface area contributed by atoms with Crippen molar-refractivity contribution in [3.05, 3.63) is 63.6 Å². The molecule has 4 nitrogen and oxygen atoms in total. The number of thiocarbonyl (C=S) groups is 1. The Balaban J connectivity index is 2.34. The number of nitrogens with two attached hydrogens (primary N) is 1. The highest BCUT2D eigenvalue weighted by atomic mass is 32.1. The molecule has 5 heteroatoms. The van der Waals surface area contributed by atoms with E-state index in [2.05, 4.69) is 5.10 Å². The van der Waals surface area contributed by atoms with Crippen LogP contribution in [0.25, 0.3) is 0 Å². The molecule has 0 unspecified atom stereocenters. The Morgan fingerprint density at radius 2 is 2.17 bits per heavy atom. The smallest absolute Gasteiger partial charge is 0.267 e. The van der Waals surface area contributed by atoms with Gasteiger partial charge in [-0.2, -0.15) is 5.10 Å². The second-order valence-electron chi connectivity index (χ2n) is 4.04. The zero-order valence-electron chi connectivity index (χ0n) is 9.96. The number of hydrogen-bond acceptors (Lipinski definition) is 3. The molecule has 2 rings (SSSR count). The molecular formula is C13H13N3OS. The lowest BCUT2D eigenvalue weighted by Gasteiger charge is -2.06. The van der Waals surface area contributed by atoms with Crippen LogP contribution in [0.5, 0.6) is 0 Å². The summed E-state index contributed by atoms with van der Waals surface area (Å²) in [5, 5.41) is 4.18. The molecule has 0 bridgehead atoms. The number of hydrogen-bond donors (Lipinski definition) is 1. The van der Waals surface area contributed by atoms with Crippen molar-refractivity contribution in [1.82, 2.24) is 9.78 Å². The van der Waals surface area contributed by atoms with Gasteiger partial charge in [0.05, 0.1) is 12.2 Å². The first kappa shape index (κ1) is 12.4.